The number of hydrogen-bond acceptors (Lipinski definition) is 2. The van der Waals surface area contributed by atoms with Crippen LogP contribution < -0.4 is 4.74 Å². The Labute approximate surface area is 195 Å². The highest BCUT2D eigenvalue weighted by molar-refractivity contribution is 7.75. The Morgan fingerprint density at radius 2 is 1.20 bits per heavy atom. The fourth-order valence-corrected chi connectivity index (χ4v) is 9.33. The van der Waals surface area contributed by atoms with Gasteiger partial charge in [-0.3, -0.25) is 0 Å². The number of ether oxygens (including phenoxy) is 1. The first kappa shape index (κ1) is 29.5. The number of halogens is 2. The van der Waals surface area contributed by atoms with Crippen molar-refractivity contribution in [1.82, 2.24) is 0 Å². The standard InChI is InChI=1S/C16H36P.C8H6Cl2O3/c1-5-9-13-17(14-10-6-2,15-11-7-3)16-12-8-4;1-13-7-5(10)3-2-4(9)6(7)8(11)12/h5-16H2,1-4H3;2-3H,1H3,(H,11,12)/q+1;. The number of benzene rings is 1. The van der Waals surface area contributed by atoms with Crippen LogP contribution in [0.1, 0.15) is 89.4 Å². The minimum absolute atomic E-state index is 0.0849. The van der Waals surface area contributed by atoms with E-state index in [1.807, 2.05) is 0 Å². The molecule has 0 aliphatic heterocycles. The van der Waals surface area contributed by atoms with Gasteiger partial charge in [-0.15, -0.1) is 0 Å². The number of hydrogen-bond donors (Lipinski definition) is 1. The predicted molar refractivity (Wildman–Crippen MR) is 136 cm³/mol. The second-order valence-corrected chi connectivity index (χ2v) is 13.2. The quantitative estimate of drug-likeness (QED) is 0.271. The smallest absolute Gasteiger partial charge is 0.341 e. The number of unbranched alkanes of at least 4 members (excludes halogenated alkanes) is 4. The minimum atomic E-state index is -1.16. The van der Waals surface area contributed by atoms with Gasteiger partial charge in [0.2, 0.25) is 0 Å². The maximum Gasteiger partial charge on any atom is 0.341 e. The second-order valence-electron chi connectivity index (χ2n) is 7.89. The van der Waals surface area contributed by atoms with Crippen LogP contribution in [0.3, 0.4) is 0 Å². The molecule has 1 N–H and O–H groups in total. The lowest BCUT2D eigenvalue weighted by Gasteiger charge is -2.28. The molecule has 3 nitrogen and oxygen atoms in total. The lowest BCUT2D eigenvalue weighted by molar-refractivity contribution is 0.0693. The summed E-state index contributed by atoms with van der Waals surface area (Å²) in [6.07, 6.45) is 17.9. The molecule has 0 saturated heterocycles. The van der Waals surface area contributed by atoms with Gasteiger partial charge in [0.15, 0.2) is 5.75 Å². The zero-order chi connectivity index (χ0) is 23.0. The Morgan fingerprint density at radius 1 is 0.833 bits per heavy atom. The van der Waals surface area contributed by atoms with Crippen LogP contribution in [0, 0.1) is 0 Å². The van der Waals surface area contributed by atoms with E-state index in [2.05, 4.69) is 27.7 Å². The molecular weight excluding hydrogens is 438 g/mol. The molecule has 0 radical (unpaired) electrons. The largest absolute Gasteiger partial charge is 0.494 e. The average molecular weight is 480 g/mol. The van der Waals surface area contributed by atoms with E-state index in [1.54, 1.807) is 24.6 Å². The maximum atomic E-state index is 10.7. The fraction of sp³-hybridized carbons (Fsp3) is 0.708. The molecule has 0 amide bonds. The lowest BCUT2D eigenvalue weighted by atomic mass is 10.2. The predicted octanol–water partition coefficient (Wildman–Crippen LogP) is 8.90. The second kappa shape index (κ2) is 17.1. The van der Waals surface area contributed by atoms with Crippen molar-refractivity contribution in [1.29, 1.82) is 0 Å². The van der Waals surface area contributed by atoms with Crippen LogP contribution in [0.15, 0.2) is 12.1 Å². The van der Waals surface area contributed by atoms with Crippen molar-refractivity contribution in [2.45, 2.75) is 79.1 Å². The summed E-state index contributed by atoms with van der Waals surface area (Å²) >= 11 is 11.4. The highest BCUT2D eigenvalue weighted by Gasteiger charge is 2.34. The van der Waals surface area contributed by atoms with Gasteiger partial charge in [-0.2, -0.15) is 0 Å². The summed E-state index contributed by atoms with van der Waals surface area (Å²) in [7, 11) is 0.775. The van der Waals surface area contributed by atoms with Crippen molar-refractivity contribution in [3.63, 3.8) is 0 Å². The van der Waals surface area contributed by atoms with Gasteiger partial charge in [0.1, 0.15) is 5.56 Å². The molecule has 0 heterocycles. The first-order valence-electron chi connectivity index (χ1n) is 11.4. The van der Waals surface area contributed by atoms with Crippen LogP contribution in [-0.2, 0) is 0 Å². The molecule has 0 bridgehead atoms. The Morgan fingerprint density at radius 3 is 1.47 bits per heavy atom. The molecule has 0 unspecified atom stereocenters. The van der Waals surface area contributed by atoms with Crippen LogP contribution >= 0.6 is 30.5 Å². The van der Waals surface area contributed by atoms with E-state index in [9.17, 15) is 4.79 Å². The third-order valence-electron chi connectivity index (χ3n) is 5.42. The van der Waals surface area contributed by atoms with E-state index in [1.165, 1.54) is 70.6 Å². The minimum Gasteiger partial charge on any atom is -0.494 e. The highest BCUT2D eigenvalue weighted by atomic mass is 35.5. The van der Waals surface area contributed by atoms with Gasteiger partial charge >= 0.3 is 5.97 Å². The van der Waals surface area contributed by atoms with Gasteiger partial charge in [0.05, 0.1) is 41.8 Å². The summed E-state index contributed by atoms with van der Waals surface area (Å²) in [6.45, 7) is 9.42. The lowest BCUT2D eigenvalue weighted by Crippen LogP contribution is -2.12. The van der Waals surface area contributed by atoms with Crippen LogP contribution in [0.2, 0.25) is 10.0 Å². The third-order valence-corrected chi connectivity index (χ3v) is 11.1. The highest BCUT2D eigenvalue weighted by Crippen LogP contribution is 2.61. The molecule has 1 rings (SSSR count). The van der Waals surface area contributed by atoms with Crippen molar-refractivity contribution < 1.29 is 14.6 Å². The Balaban J connectivity index is 0.000000579. The van der Waals surface area contributed by atoms with Crippen LogP contribution in [0.5, 0.6) is 5.75 Å². The zero-order valence-electron chi connectivity index (χ0n) is 19.6. The van der Waals surface area contributed by atoms with Crippen LogP contribution in [-0.4, -0.2) is 42.8 Å². The summed E-state index contributed by atoms with van der Waals surface area (Å²) in [4.78, 5) is 10.7. The average Bonchev–Trinajstić information content (AvgIpc) is 2.74. The van der Waals surface area contributed by atoms with Gasteiger partial charge in [-0.1, -0.05) is 76.6 Å². The molecular formula is C24H42Cl2O3P+. The molecule has 0 saturated carbocycles. The zero-order valence-corrected chi connectivity index (χ0v) is 22.0. The summed E-state index contributed by atoms with van der Waals surface area (Å²) in [5.74, 6) is -1.08. The van der Waals surface area contributed by atoms with E-state index in [0.29, 0.717) is 0 Å². The number of carboxylic acid groups (broad SMARTS) is 1. The Bertz CT molecular complexity index is 571. The fourth-order valence-electron chi connectivity index (χ4n) is 3.58. The molecule has 0 atom stereocenters. The molecule has 0 spiro atoms. The molecule has 0 aliphatic rings. The van der Waals surface area contributed by atoms with Gasteiger partial charge < -0.3 is 9.84 Å². The topological polar surface area (TPSA) is 46.5 Å². The maximum absolute atomic E-state index is 10.7. The normalized spacial score (nSPS) is 11.0. The van der Waals surface area contributed by atoms with E-state index in [0.717, 1.165) is 0 Å². The number of rotatable bonds is 14. The third kappa shape index (κ3) is 10.7. The van der Waals surface area contributed by atoms with E-state index < -0.39 is 13.2 Å². The number of methoxy groups -OCH3 is 1. The van der Waals surface area contributed by atoms with E-state index in [4.69, 9.17) is 33.0 Å². The van der Waals surface area contributed by atoms with Gasteiger partial charge in [-0.25, -0.2) is 4.79 Å². The van der Waals surface area contributed by atoms with Gasteiger partial charge in [0, 0.05) is 7.26 Å². The number of aromatic carboxylic acids is 1. The molecule has 174 valence electrons. The molecule has 0 aliphatic carbocycles. The Hall–Kier alpha value is -0.500. The van der Waals surface area contributed by atoms with Gasteiger partial charge in [-0.05, 0) is 37.8 Å². The molecule has 1 aromatic rings. The Kier molecular flexibility index (Phi) is 16.8. The van der Waals surface area contributed by atoms with Crippen molar-refractivity contribution in [2.24, 2.45) is 0 Å². The molecule has 6 heteroatoms. The van der Waals surface area contributed by atoms with Crippen molar-refractivity contribution in [3.8, 4) is 5.75 Å². The first-order valence-corrected chi connectivity index (χ1v) is 14.7. The first-order chi connectivity index (χ1) is 14.3. The summed E-state index contributed by atoms with van der Waals surface area (Å²) in [5, 5.41) is 9.11. The van der Waals surface area contributed by atoms with Crippen LogP contribution in [0.25, 0.3) is 0 Å². The molecule has 0 aromatic heterocycles. The summed E-state index contributed by atoms with van der Waals surface area (Å²) in [5.41, 5.74) is -0.114. The van der Waals surface area contributed by atoms with Crippen molar-refractivity contribution >= 4 is 36.4 Å². The molecule has 0 fully saturated rings. The SMILES string of the molecule is CCCC[P+](CCCC)(CCCC)CCCC.COc1c(Cl)ccc(Cl)c1C(=O)O. The van der Waals surface area contributed by atoms with Crippen molar-refractivity contribution in [3.05, 3.63) is 27.7 Å². The number of carbonyl (C=O) groups is 1. The van der Waals surface area contributed by atoms with Crippen LogP contribution in [0.4, 0.5) is 0 Å². The van der Waals surface area contributed by atoms with E-state index in [-0.39, 0.29) is 21.4 Å². The summed E-state index contributed by atoms with van der Waals surface area (Å²) < 4.78 is 4.82. The van der Waals surface area contributed by atoms with Gasteiger partial charge in [0.25, 0.3) is 0 Å². The monoisotopic (exact) mass is 479 g/mol. The van der Waals surface area contributed by atoms with E-state index >= 15 is 0 Å². The summed E-state index contributed by atoms with van der Waals surface area (Å²) in [6, 6.07) is 2.89. The van der Waals surface area contributed by atoms with Crippen molar-refractivity contribution in [2.75, 3.05) is 31.8 Å². The number of carboxylic acids is 1. The molecule has 30 heavy (non-hydrogen) atoms. The molecule has 1 aromatic carbocycles.